The highest BCUT2D eigenvalue weighted by molar-refractivity contribution is 7.98. The average Bonchev–Trinajstić information content (AvgIpc) is 3.31. The molecule has 0 spiro atoms. The number of aromatic amines is 1. The summed E-state index contributed by atoms with van der Waals surface area (Å²) in [5.41, 5.74) is 2.23. The van der Waals surface area contributed by atoms with Gasteiger partial charge < -0.3 is 25.1 Å². The molecule has 10 heteroatoms. The van der Waals surface area contributed by atoms with Crippen LogP contribution >= 0.6 is 23.4 Å². The van der Waals surface area contributed by atoms with Gasteiger partial charge in [0.15, 0.2) is 11.5 Å². The summed E-state index contributed by atoms with van der Waals surface area (Å²) < 4.78 is 12.9. The molecule has 41 heavy (non-hydrogen) atoms. The van der Waals surface area contributed by atoms with Gasteiger partial charge in [-0.05, 0) is 70.8 Å². The average molecular weight is 618 g/mol. The third kappa shape index (κ3) is 6.53. The van der Waals surface area contributed by atoms with Crippen LogP contribution in [0.15, 0.2) is 21.8 Å². The molecule has 2 aromatic rings. The van der Waals surface area contributed by atoms with Crippen molar-refractivity contribution >= 4 is 37.3 Å². The van der Waals surface area contributed by atoms with E-state index in [1.54, 1.807) is 6.07 Å². The number of aryl methyl sites for hydroxylation is 1. The molecule has 1 saturated carbocycles. The number of benzene rings is 1. The number of amides is 1. The fourth-order valence-electron chi connectivity index (χ4n) is 6.73. The van der Waals surface area contributed by atoms with Crippen molar-refractivity contribution < 1.29 is 14.3 Å². The summed E-state index contributed by atoms with van der Waals surface area (Å²) in [5.74, 6) is 0.155. The highest BCUT2D eigenvalue weighted by atomic mass is 35.5. The molecule has 3 heterocycles. The number of aromatic nitrogens is 1. The quantitative estimate of drug-likeness (QED) is 0.234. The zero-order valence-corrected chi connectivity index (χ0v) is 27.7. The molecule has 1 amide bonds. The molecule has 1 aliphatic carbocycles. The second kappa shape index (κ2) is 12.0. The van der Waals surface area contributed by atoms with E-state index < -0.39 is 13.9 Å². The van der Waals surface area contributed by atoms with Crippen molar-refractivity contribution in [3.63, 3.8) is 0 Å². The van der Waals surface area contributed by atoms with Crippen molar-refractivity contribution in [1.29, 1.82) is 0 Å². The van der Waals surface area contributed by atoms with E-state index >= 15 is 0 Å². The lowest BCUT2D eigenvalue weighted by Crippen LogP contribution is -2.49. The Kier molecular flexibility index (Phi) is 8.91. The number of carbonyl (C=O) groups is 1. The molecule has 1 saturated heterocycles. The van der Waals surface area contributed by atoms with Gasteiger partial charge in [-0.15, -0.1) is 11.8 Å². The first kappa shape index (κ1) is 30.5. The maximum atomic E-state index is 13.3. The molecule has 0 radical (unpaired) electrons. The number of hydrogen-bond acceptors (Lipinski definition) is 6. The standard InChI is InChI=1S/C31H44ClN3O4SSi/c1-18-15-26(40-4)24(30(37)34-18)17-33-29(36)23-16-25(32)28-27(19(23)2)38-31(3,39-28)20-7-9-21(10-8-20)35-22-11-13-41(5,6)14-12-22/h15-16,20-22,35H,7-14,17H2,1-6H3,(H,33,36)(H,34,37). The summed E-state index contributed by atoms with van der Waals surface area (Å²) in [6.45, 7) is 10.9. The molecular weight excluding hydrogens is 574 g/mol. The molecule has 3 aliphatic rings. The summed E-state index contributed by atoms with van der Waals surface area (Å²) >= 11 is 8.15. The Bertz CT molecular complexity index is 1360. The second-order valence-electron chi connectivity index (χ2n) is 13.1. The maximum Gasteiger partial charge on any atom is 0.254 e. The Labute approximate surface area is 253 Å². The number of rotatable bonds is 7. The molecule has 1 atom stereocenters. The van der Waals surface area contributed by atoms with Gasteiger partial charge in [-0.25, -0.2) is 0 Å². The van der Waals surface area contributed by atoms with Crippen molar-refractivity contribution in [2.75, 3.05) is 6.26 Å². The van der Waals surface area contributed by atoms with Gasteiger partial charge in [-0.3, -0.25) is 9.59 Å². The Balaban J connectivity index is 1.22. The van der Waals surface area contributed by atoms with Crippen LogP contribution < -0.4 is 25.7 Å². The van der Waals surface area contributed by atoms with Gasteiger partial charge in [-0.2, -0.15) is 0 Å². The fraction of sp³-hybridized carbons (Fsp3) is 0.613. The summed E-state index contributed by atoms with van der Waals surface area (Å²) in [7, 11) is -0.941. The molecule has 5 rings (SSSR count). The van der Waals surface area contributed by atoms with E-state index in [9.17, 15) is 9.59 Å². The van der Waals surface area contributed by atoms with Crippen LogP contribution in [0.25, 0.3) is 0 Å². The number of ether oxygens (including phenoxy) is 2. The largest absolute Gasteiger partial charge is 0.448 e. The zero-order valence-electron chi connectivity index (χ0n) is 25.2. The summed E-state index contributed by atoms with van der Waals surface area (Å²) in [6.07, 6.45) is 8.82. The van der Waals surface area contributed by atoms with Crippen LogP contribution in [0.4, 0.5) is 0 Å². The minimum Gasteiger partial charge on any atom is -0.448 e. The van der Waals surface area contributed by atoms with Gasteiger partial charge >= 0.3 is 0 Å². The smallest absolute Gasteiger partial charge is 0.254 e. The topological polar surface area (TPSA) is 92.5 Å². The fourth-order valence-corrected chi connectivity index (χ4v) is 10.2. The molecule has 1 unspecified atom stereocenters. The number of thioether (sulfide) groups is 1. The van der Waals surface area contributed by atoms with Gasteiger partial charge in [0, 0.05) is 66.8 Å². The molecule has 3 N–H and O–H groups in total. The summed E-state index contributed by atoms with van der Waals surface area (Å²) in [4.78, 5) is 29.5. The van der Waals surface area contributed by atoms with Crippen molar-refractivity contribution in [1.82, 2.24) is 15.6 Å². The first-order valence-electron chi connectivity index (χ1n) is 14.9. The minimum atomic E-state index is -0.941. The van der Waals surface area contributed by atoms with Crippen molar-refractivity contribution in [3.8, 4) is 11.5 Å². The number of fused-ring (bicyclic) bond motifs is 1. The van der Waals surface area contributed by atoms with Gasteiger partial charge in [0.25, 0.3) is 17.3 Å². The maximum absolute atomic E-state index is 13.3. The normalized spacial score (nSPS) is 25.7. The monoisotopic (exact) mass is 617 g/mol. The number of nitrogens with one attached hydrogen (secondary N) is 3. The zero-order chi connectivity index (χ0) is 29.5. The second-order valence-corrected chi connectivity index (χ2v) is 19.7. The third-order valence-electron chi connectivity index (χ3n) is 9.45. The van der Waals surface area contributed by atoms with E-state index in [-0.39, 0.29) is 23.9 Å². The predicted octanol–water partition coefficient (Wildman–Crippen LogP) is 6.80. The molecule has 7 nitrogen and oxygen atoms in total. The van der Waals surface area contributed by atoms with Crippen LogP contribution in [-0.4, -0.2) is 43.1 Å². The Morgan fingerprint density at radius 2 is 1.71 bits per heavy atom. The van der Waals surface area contributed by atoms with Gasteiger partial charge in [0.05, 0.1) is 5.02 Å². The predicted molar refractivity (Wildman–Crippen MR) is 170 cm³/mol. The third-order valence-corrected chi connectivity index (χ3v) is 13.8. The minimum absolute atomic E-state index is 0.117. The highest BCUT2D eigenvalue weighted by Crippen LogP contribution is 2.51. The first-order valence-corrected chi connectivity index (χ1v) is 19.9. The number of carbonyl (C=O) groups excluding carboxylic acids is 1. The molecule has 2 fully saturated rings. The Hall–Kier alpha value is -1.94. The molecule has 2 aliphatic heterocycles. The van der Waals surface area contributed by atoms with E-state index in [2.05, 4.69) is 28.7 Å². The summed E-state index contributed by atoms with van der Waals surface area (Å²) in [5, 5.41) is 7.23. The van der Waals surface area contributed by atoms with Crippen LogP contribution in [0, 0.1) is 19.8 Å². The first-order chi connectivity index (χ1) is 19.4. The van der Waals surface area contributed by atoms with E-state index in [4.69, 9.17) is 21.1 Å². The number of hydrogen-bond donors (Lipinski definition) is 3. The van der Waals surface area contributed by atoms with Crippen molar-refractivity contribution in [2.24, 2.45) is 5.92 Å². The van der Waals surface area contributed by atoms with Crippen LogP contribution in [-0.2, 0) is 6.54 Å². The van der Waals surface area contributed by atoms with E-state index in [1.165, 1.54) is 36.7 Å². The Morgan fingerprint density at radius 3 is 2.37 bits per heavy atom. The summed E-state index contributed by atoms with van der Waals surface area (Å²) in [6, 6.07) is 7.64. The van der Waals surface area contributed by atoms with E-state index in [1.807, 2.05) is 33.1 Å². The molecular formula is C31H44ClN3O4SSi. The molecule has 224 valence electrons. The Morgan fingerprint density at radius 1 is 1.07 bits per heavy atom. The van der Waals surface area contributed by atoms with E-state index in [0.29, 0.717) is 45.3 Å². The lowest BCUT2D eigenvalue weighted by atomic mass is 9.81. The highest BCUT2D eigenvalue weighted by Gasteiger charge is 2.47. The molecule has 0 bridgehead atoms. The number of H-pyrrole nitrogens is 1. The van der Waals surface area contributed by atoms with Crippen molar-refractivity contribution in [2.45, 2.75) is 114 Å². The van der Waals surface area contributed by atoms with Crippen LogP contribution in [0.2, 0.25) is 30.2 Å². The molecule has 1 aromatic heterocycles. The van der Waals surface area contributed by atoms with Gasteiger partial charge in [-0.1, -0.05) is 36.8 Å². The van der Waals surface area contributed by atoms with Crippen LogP contribution in [0.1, 0.15) is 72.6 Å². The van der Waals surface area contributed by atoms with Crippen LogP contribution in [0.5, 0.6) is 11.5 Å². The number of pyridine rings is 1. The van der Waals surface area contributed by atoms with Crippen molar-refractivity contribution in [3.05, 3.63) is 49.9 Å². The lowest BCUT2D eigenvalue weighted by molar-refractivity contribution is -0.121. The SMILES string of the molecule is CSc1cc(C)[nH]c(=O)c1CNC(=O)c1cc(Cl)c2c(c1C)OC(C)(C1CCC(NC3CC[Si](C)(C)CC3)CC1)O2. The lowest BCUT2D eigenvalue weighted by Gasteiger charge is -2.40. The van der Waals surface area contributed by atoms with Gasteiger partial charge in [0.1, 0.15) is 0 Å². The molecule has 1 aromatic carbocycles. The number of halogens is 1. The van der Waals surface area contributed by atoms with E-state index in [0.717, 1.165) is 36.3 Å². The van der Waals surface area contributed by atoms with Gasteiger partial charge in [0.2, 0.25) is 0 Å². The van der Waals surface area contributed by atoms with Crippen LogP contribution in [0.3, 0.4) is 0 Å².